The quantitative estimate of drug-likeness (QED) is 0.185. The van der Waals surface area contributed by atoms with Crippen molar-refractivity contribution in [2.24, 2.45) is 0 Å². The first-order chi connectivity index (χ1) is 20.1. The molecule has 5 heterocycles. The normalized spacial score (nSPS) is 10.9. The molecule has 0 fully saturated rings. The van der Waals surface area contributed by atoms with E-state index in [1.165, 1.54) is 0 Å². The molecule has 202 valence electrons. The number of halogens is 3. The van der Waals surface area contributed by atoms with Crippen molar-refractivity contribution >= 4 is 60.6 Å². The van der Waals surface area contributed by atoms with Crippen LogP contribution >= 0.6 is 43.5 Å². The number of pyridine rings is 1. The molecular formula is C30H21Br2ClN8. The second kappa shape index (κ2) is 12.2. The van der Waals surface area contributed by atoms with Crippen LogP contribution in [0.25, 0.3) is 33.8 Å². The first-order valence-electron chi connectivity index (χ1n) is 12.5. The van der Waals surface area contributed by atoms with E-state index in [1.54, 1.807) is 33.8 Å². The molecule has 0 aliphatic heterocycles. The summed E-state index contributed by atoms with van der Waals surface area (Å²) >= 11 is 13.1. The third kappa shape index (κ3) is 6.00. The Kier molecular flexibility index (Phi) is 8.04. The lowest BCUT2D eigenvalue weighted by Gasteiger charge is -2.11. The summed E-state index contributed by atoms with van der Waals surface area (Å²) in [4.78, 5) is 13.3. The van der Waals surface area contributed by atoms with E-state index in [2.05, 4.69) is 69.5 Å². The second-order valence-corrected chi connectivity index (χ2v) is 11.0. The second-order valence-electron chi connectivity index (χ2n) is 8.89. The standard InChI is InChI=1S/C18H14BrN5.C12H7BrClN3/c19-15-12-22-24-17(21-11-13-6-8-20-9-7-13)10-16(23-18(15)24)14-4-2-1-3-5-14;13-9-7-15-17-11(14)6-10(16-12(9)17)8-4-2-1-3-5-8/h1-10,12,21H,11H2;1-7H. The third-order valence-electron chi connectivity index (χ3n) is 6.18. The third-order valence-corrected chi connectivity index (χ3v) is 7.56. The maximum Gasteiger partial charge on any atom is 0.172 e. The molecule has 1 N–H and O–H groups in total. The van der Waals surface area contributed by atoms with Gasteiger partial charge in [-0.25, -0.2) is 14.5 Å². The van der Waals surface area contributed by atoms with Crippen LogP contribution in [0.3, 0.4) is 0 Å². The molecule has 0 atom stereocenters. The van der Waals surface area contributed by atoms with Crippen LogP contribution in [0.2, 0.25) is 5.15 Å². The van der Waals surface area contributed by atoms with Crippen molar-refractivity contribution in [1.82, 2.24) is 34.2 Å². The summed E-state index contributed by atoms with van der Waals surface area (Å²) < 4.78 is 5.10. The monoisotopic (exact) mass is 686 g/mol. The molecule has 7 aromatic rings. The number of anilines is 1. The summed E-state index contributed by atoms with van der Waals surface area (Å²) in [6, 6.07) is 27.8. The highest BCUT2D eigenvalue weighted by Crippen LogP contribution is 2.27. The van der Waals surface area contributed by atoms with Crippen molar-refractivity contribution in [2.45, 2.75) is 6.54 Å². The van der Waals surface area contributed by atoms with Gasteiger partial charge in [-0.1, -0.05) is 72.3 Å². The number of hydrogen-bond donors (Lipinski definition) is 1. The molecule has 8 nitrogen and oxygen atoms in total. The predicted molar refractivity (Wildman–Crippen MR) is 169 cm³/mol. The molecule has 0 radical (unpaired) electrons. The maximum absolute atomic E-state index is 6.17. The molecule has 0 aliphatic carbocycles. The van der Waals surface area contributed by atoms with Gasteiger partial charge in [0.2, 0.25) is 0 Å². The summed E-state index contributed by atoms with van der Waals surface area (Å²) in [7, 11) is 0. The van der Waals surface area contributed by atoms with Crippen molar-refractivity contribution < 1.29 is 0 Å². The van der Waals surface area contributed by atoms with Gasteiger partial charge in [-0.05, 0) is 49.6 Å². The summed E-state index contributed by atoms with van der Waals surface area (Å²) in [6.07, 6.45) is 7.02. The van der Waals surface area contributed by atoms with E-state index in [-0.39, 0.29) is 0 Å². The molecule has 7 rings (SSSR count). The Hall–Kier alpha value is -4.12. The molecule has 0 saturated carbocycles. The van der Waals surface area contributed by atoms with E-state index in [0.29, 0.717) is 11.7 Å². The smallest absolute Gasteiger partial charge is 0.172 e. The molecule has 0 bridgehead atoms. The van der Waals surface area contributed by atoms with Gasteiger partial charge in [0.15, 0.2) is 11.3 Å². The van der Waals surface area contributed by atoms with E-state index in [4.69, 9.17) is 16.6 Å². The SMILES string of the molecule is Brc1cnn2c(NCc3ccncc3)cc(-c3ccccc3)nc12.Clc1cc(-c2ccccc2)nc2c(Br)cnn12. The van der Waals surface area contributed by atoms with Crippen molar-refractivity contribution in [3.63, 3.8) is 0 Å². The van der Waals surface area contributed by atoms with Gasteiger partial charge >= 0.3 is 0 Å². The molecule has 0 unspecified atom stereocenters. The van der Waals surface area contributed by atoms with Crippen LogP contribution < -0.4 is 5.32 Å². The van der Waals surface area contributed by atoms with Crippen LogP contribution in [-0.2, 0) is 6.54 Å². The predicted octanol–water partition coefficient (Wildman–Crippen LogP) is 7.98. The lowest BCUT2D eigenvalue weighted by molar-refractivity contribution is 0.926. The van der Waals surface area contributed by atoms with Gasteiger partial charge in [-0.2, -0.15) is 14.7 Å². The van der Waals surface area contributed by atoms with Crippen LogP contribution in [0.5, 0.6) is 0 Å². The molecule has 0 amide bonds. The fourth-order valence-electron chi connectivity index (χ4n) is 4.17. The molecule has 11 heteroatoms. The topological polar surface area (TPSA) is 85.3 Å². The van der Waals surface area contributed by atoms with Crippen LogP contribution in [0.15, 0.2) is 119 Å². The largest absolute Gasteiger partial charge is 0.366 e. The number of fused-ring (bicyclic) bond motifs is 2. The number of hydrogen-bond acceptors (Lipinski definition) is 6. The van der Waals surface area contributed by atoms with Crippen LogP contribution in [0, 0.1) is 0 Å². The van der Waals surface area contributed by atoms with Gasteiger partial charge < -0.3 is 5.32 Å². The zero-order valence-corrected chi connectivity index (χ0v) is 25.3. The Morgan fingerprint density at radius 3 is 1.83 bits per heavy atom. The van der Waals surface area contributed by atoms with Crippen LogP contribution in [0.4, 0.5) is 5.82 Å². The molecule has 0 spiro atoms. The molecule has 41 heavy (non-hydrogen) atoms. The van der Waals surface area contributed by atoms with Crippen molar-refractivity contribution in [3.8, 4) is 22.5 Å². The number of benzene rings is 2. The maximum atomic E-state index is 6.17. The van der Waals surface area contributed by atoms with E-state index in [1.807, 2.05) is 72.8 Å². The van der Waals surface area contributed by atoms with E-state index in [0.717, 1.165) is 54.1 Å². The van der Waals surface area contributed by atoms with E-state index >= 15 is 0 Å². The van der Waals surface area contributed by atoms with E-state index in [9.17, 15) is 0 Å². The summed E-state index contributed by atoms with van der Waals surface area (Å²) in [6.45, 7) is 0.688. The zero-order chi connectivity index (χ0) is 28.2. The molecule has 2 aromatic carbocycles. The number of nitrogens with zero attached hydrogens (tertiary/aromatic N) is 7. The van der Waals surface area contributed by atoms with Crippen molar-refractivity contribution in [2.75, 3.05) is 5.32 Å². The summed E-state index contributed by atoms with van der Waals surface area (Å²) in [5.74, 6) is 0.890. The number of aromatic nitrogens is 7. The first kappa shape index (κ1) is 27.1. The Morgan fingerprint density at radius 1 is 0.683 bits per heavy atom. The number of nitrogens with one attached hydrogen (secondary N) is 1. The van der Waals surface area contributed by atoms with E-state index < -0.39 is 0 Å². The summed E-state index contributed by atoms with van der Waals surface area (Å²) in [5.41, 5.74) is 6.50. The lowest BCUT2D eigenvalue weighted by atomic mass is 10.1. The van der Waals surface area contributed by atoms with Crippen LogP contribution in [-0.4, -0.2) is 34.2 Å². The fraction of sp³-hybridized carbons (Fsp3) is 0.0333. The minimum atomic E-state index is 0.541. The van der Waals surface area contributed by atoms with Gasteiger partial charge in [0, 0.05) is 42.2 Å². The lowest BCUT2D eigenvalue weighted by Crippen LogP contribution is -2.06. The van der Waals surface area contributed by atoms with Gasteiger partial charge in [0.25, 0.3) is 0 Å². The molecular weight excluding hydrogens is 668 g/mol. The van der Waals surface area contributed by atoms with Crippen molar-refractivity contribution in [1.29, 1.82) is 0 Å². The molecule has 5 aromatic heterocycles. The molecule has 0 saturated heterocycles. The minimum absolute atomic E-state index is 0.541. The van der Waals surface area contributed by atoms with Gasteiger partial charge in [-0.15, -0.1) is 0 Å². The minimum Gasteiger partial charge on any atom is -0.366 e. The summed E-state index contributed by atoms with van der Waals surface area (Å²) in [5, 5.41) is 12.5. The highest BCUT2D eigenvalue weighted by Gasteiger charge is 2.12. The van der Waals surface area contributed by atoms with Crippen LogP contribution in [0.1, 0.15) is 5.56 Å². The highest BCUT2D eigenvalue weighted by molar-refractivity contribution is 9.11. The van der Waals surface area contributed by atoms with Gasteiger partial charge in [0.1, 0.15) is 11.0 Å². The highest BCUT2D eigenvalue weighted by atomic mass is 79.9. The van der Waals surface area contributed by atoms with Gasteiger partial charge in [-0.3, -0.25) is 4.98 Å². The Morgan fingerprint density at radius 2 is 1.22 bits per heavy atom. The van der Waals surface area contributed by atoms with Crippen molar-refractivity contribution in [3.05, 3.63) is 129 Å². The fourth-order valence-corrected chi connectivity index (χ4v) is 5.09. The average Bonchev–Trinajstić information content (AvgIpc) is 3.60. The Labute approximate surface area is 257 Å². The number of rotatable bonds is 5. The first-order valence-corrected chi connectivity index (χ1v) is 14.5. The van der Waals surface area contributed by atoms with Gasteiger partial charge in [0.05, 0.1) is 32.7 Å². The average molecular weight is 689 g/mol. The Balaban J connectivity index is 0.000000156. The zero-order valence-electron chi connectivity index (χ0n) is 21.4. The Bertz CT molecular complexity index is 1930. The molecule has 0 aliphatic rings.